The fourth-order valence-electron chi connectivity index (χ4n) is 4.10. The first kappa shape index (κ1) is 23.4. The largest absolute Gasteiger partial charge is 0.497 e. The normalized spacial score (nSPS) is 18.7. The Kier molecular flexibility index (Phi) is 6.64. The Morgan fingerprint density at radius 1 is 1.09 bits per heavy atom. The lowest BCUT2D eigenvalue weighted by atomic mass is 10.1. The van der Waals surface area contributed by atoms with Crippen LogP contribution in [0.25, 0.3) is 0 Å². The highest BCUT2D eigenvalue weighted by molar-refractivity contribution is 5.89. The van der Waals surface area contributed by atoms with E-state index in [0.717, 1.165) is 17.7 Å². The Balaban J connectivity index is 1.49. The molecule has 0 bridgehead atoms. The van der Waals surface area contributed by atoms with Crippen LogP contribution in [0.5, 0.6) is 5.75 Å². The van der Waals surface area contributed by atoms with Crippen LogP contribution in [-0.2, 0) is 22.7 Å². The number of hydrogen-bond acceptors (Lipinski definition) is 5. The summed E-state index contributed by atoms with van der Waals surface area (Å²) in [7, 11) is 3.18. The van der Waals surface area contributed by atoms with Crippen molar-refractivity contribution in [3.63, 3.8) is 0 Å². The van der Waals surface area contributed by atoms with Crippen molar-refractivity contribution in [3.05, 3.63) is 65.2 Å². The highest BCUT2D eigenvalue weighted by Crippen LogP contribution is 2.23. The summed E-state index contributed by atoms with van der Waals surface area (Å²) in [4.78, 5) is 41.1. The van der Waals surface area contributed by atoms with Crippen LogP contribution in [-0.4, -0.2) is 77.6 Å². The molecule has 4 amide bonds. The van der Waals surface area contributed by atoms with Crippen LogP contribution in [0.2, 0.25) is 0 Å². The summed E-state index contributed by atoms with van der Waals surface area (Å²) in [6, 6.07) is 9.94. The zero-order chi connectivity index (χ0) is 24.4. The molecule has 2 aromatic rings. The van der Waals surface area contributed by atoms with Gasteiger partial charge in [0.05, 0.1) is 20.2 Å². The number of urea groups is 1. The van der Waals surface area contributed by atoms with Crippen LogP contribution < -0.4 is 10.1 Å². The van der Waals surface area contributed by atoms with E-state index >= 15 is 0 Å². The number of rotatable bonds is 5. The van der Waals surface area contributed by atoms with Gasteiger partial charge in [-0.25, -0.2) is 23.6 Å². The number of fused-ring (bicyclic) bond motifs is 1. The number of nitrogens with zero attached hydrogens (tertiary/aromatic N) is 4. The lowest BCUT2D eigenvalue weighted by Gasteiger charge is -2.51. The molecule has 11 heteroatoms. The highest BCUT2D eigenvalue weighted by Gasteiger charge is 2.45. The molecule has 2 aliphatic rings. The van der Waals surface area contributed by atoms with Crippen molar-refractivity contribution in [1.29, 1.82) is 0 Å². The van der Waals surface area contributed by atoms with E-state index in [9.17, 15) is 23.2 Å². The summed E-state index contributed by atoms with van der Waals surface area (Å²) in [6.45, 7) is -0.164. The van der Waals surface area contributed by atoms with E-state index in [2.05, 4.69) is 5.32 Å². The second-order valence-electron chi connectivity index (χ2n) is 8.18. The van der Waals surface area contributed by atoms with E-state index in [0.29, 0.717) is 5.75 Å². The van der Waals surface area contributed by atoms with Crippen LogP contribution in [0, 0.1) is 11.6 Å². The minimum absolute atomic E-state index is 0.0122. The van der Waals surface area contributed by atoms with E-state index in [1.807, 2.05) is 12.1 Å². The van der Waals surface area contributed by atoms with Crippen molar-refractivity contribution < 1.29 is 27.9 Å². The van der Waals surface area contributed by atoms with Crippen molar-refractivity contribution in [2.45, 2.75) is 19.3 Å². The average Bonchev–Trinajstić information content (AvgIpc) is 2.81. The van der Waals surface area contributed by atoms with Crippen molar-refractivity contribution in [2.24, 2.45) is 0 Å². The van der Waals surface area contributed by atoms with Crippen molar-refractivity contribution in [1.82, 2.24) is 25.1 Å². The molecule has 180 valence electrons. The fourth-order valence-corrected chi connectivity index (χ4v) is 4.10. The summed E-state index contributed by atoms with van der Waals surface area (Å²) >= 11 is 0. The maximum absolute atomic E-state index is 14.2. The first-order valence-corrected chi connectivity index (χ1v) is 10.7. The number of hydrazine groups is 1. The summed E-state index contributed by atoms with van der Waals surface area (Å²) in [6.07, 6.45) is -0.761. The zero-order valence-electron chi connectivity index (χ0n) is 18.8. The van der Waals surface area contributed by atoms with Crippen molar-refractivity contribution >= 4 is 17.8 Å². The maximum Gasteiger partial charge on any atom is 0.334 e. The monoisotopic (exact) mass is 473 g/mol. The molecule has 0 spiro atoms. The molecule has 0 radical (unpaired) electrons. The molecule has 1 atom stereocenters. The van der Waals surface area contributed by atoms with E-state index < -0.39 is 23.8 Å². The van der Waals surface area contributed by atoms with Gasteiger partial charge in [-0.3, -0.25) is 9.59 Å². The predicted octanol–water partition coefficient (Wildman–Crippen LogP) is 1.54. The minimum Gasteiger partial charge on any atom is -0.497 e. The van der Waals surface area contributed by atoms with Gasteiger partial charge in [-0.1, -0.05) is 18.2 Å². The molecule has 2 aromatic carbocycles. The molecular weight excluding hydrogens is 448 g/mol. The van der Waals surface area contributed by atoms with Crippen LogP contribution in [0.3, 0.4) is 0 Å². The van der Waals surface area contributed by atoms with Crippen molar-refractivity contribution in [3.8, 4) is 5.75 Å². The van der Waals surface area contributed by atoms with Gasteiger partial charge < -0.3 is 19.9 Å². The molecule has 2 aliphatic heterocycles. The minimum atomic E-state index is -0.763. The Labute approximate surface area is 195 Å². The third-order valence-corrected chi connectivity index (χ3v) is 5.92. The first-order valence-electron chi connectivity index (χ1n) is 10.7. The summed E-state index contributed by atoms with van der Waals surface area (Å²) in [5.41, 5.74) is 1.00. The van der Waals surface area contributed by atoms with Gasteiger partial charge in [0.1, 0.15) is 30.1 Å². The molecule has 2 fully saturated rings. The Morgan fingerprint density at radius 3 is 2.50 bits per heavy atom. The standard InChI is InChI=1S/C23H25F2N5O4/c1-27-13-22(32)29-14-21(31)28(11-16-5-6-17(24)9-19(16)25)12-20(29)30(27)23(33)26-10-15-3-7-18(34-2)8-4-15/h3-9,20H,10-14H2,1-2H3,(H,26,33). The lowest BCUT2D eigenvalue weighted by Crippen LogP contribution is -2.73. The Morgan fingerprint density at radius 2 is 1.82 bits per heavy atom. The number of halogens is 2. The lowest BCUT2D eigenvalue weighted by molar-refractivity contribution is -0.178. The first-order chi connectivity index (χ1) is 16.3. The number of carbonyl (C=O) groups is 3. The number of piperazine rings is 1. The molecule has 1 unspecified atom stereocenters. The SMILES string of the molecule is COc1ccc(CNC(=O)N2C3CN(Cc4ccc(F)cc4F)C(=O)CN3C(=O)CN2C)cc1. The smallest absolute Gasteiger partial charge is 0.334 e. The van der Waals surface area contributed by atoms with E-state index in [1.54, 1.807) is 26.3 Å². The fraction of sp³-hybridized carbons (Fsp3) is 0.348. The van der Waals surface area contributed by atoms with E-state index in [-0.39, 0.29) is 50.1 Å². The quantitative estimate of drug-likeness (QED) is 0.712. The van der Waals surface area contributed by atoms with Crippen LogP contribution in [0.1, 0.15) is 11.1 Å². The maximum atomic E-state index is 14.2. The molecule has 2 saturated heterocycles. The summed E-state index contributed by atoms with van der Waals surface area (Å²) < 4.78 is 32.6. The van der Waals surface area contributed by atoms with Gasteiger partial charge in [-0.05, 0) is 23.8 Å². The predicted molar refractivity (Wildman–Crippen MR) is 117 cm³/mol. The van der Waals surface area contributed by atoms with Gasteiger partial charge in [0, 0.05) is 31.8 Å². The zero-order valence-corrected chi connectivity index (χ0v) is 18.8. The molecule has 0 saturated carbocycles. The number of carbonyl (C=O) groups excluding carboxylic acids is 3. The van der Waals surface area contributed by atoms with Gasteiger partial charge in [-0.15, -0.1) is 0 Å². The second kappa shape index (κ2) is 9.64. The van der Waals surface area contributed by atoms with Crippen LogP contribution >= 0.6 is 0 Å². The van der Waals surface area contributed by atoms with Gasteiger partial charge in [0.15, 0.2) is 0 Å². The summed E-state index contributed by atoms with van der Waals surface area (Å²) in [5.74, 6) is -1.44. The van der Waals surface area contributed by atoms with Gasteiger partial charge in [-0.2, -0.15) is 0 Å². The number of methoxy groups -OCH3 is 1. The Hall–Kier alpha value is -3.73. The highest BCUT2D eigenvalue weighted by atomic mass is 19.1. The van der Waals surface area contributed by atoms with Gasteiger partial charge in [0.25, 0.3) is 0 Å². The van der Waals surface area contributed by atoms with Crippen molar-refractivity contribution in [2.75, 3.05) is 33.8 Å². The second-order valence-corrected chi connectivity index (χ2v) is 8.18. The molecule has 0 aromatic heterocycles. The number of nitrogens with one attached hydrogen (secondary N) is 1. The number of ether oxygens (including phenoxy) is 1. The van der Waals surface area contributed by atoms with Gasteiger partial charge >= 0.3 is 6.03 Å². The number of likely N-dealkylation sites (N-methyl/N-ethyl adjacent to an activating group) is 1. The molecule has 1 N–H and O–H groups in total. The number of hydrogen-bond donors (Lipinski definition) is 1. The number of amides is 4. The van der Waals surface area contributed by atoms with E-state index in [1.165, 1.54) is 25.9 Å². The van der Waals surface area contributed by atoms with E-state index in [4.69, 9.17) is 4.74 Å². The summed E-state index contributed by atoms with van der Waals surface area (Å²) in [5, 5.41) is 5.73. The molecule has 0 aliphatic carbocycles. The molecule has 34 heavy (non-hydrogen) atoms. The molecular formula is C23H25F2N5O4. The third-order valence-electron chi connectivity index (χ3n) is 5.92. The Bertz CT molecular complexity index is 1100. The molecule has 4 rings (SSSR count). The van der Waals surface area contributed by atoms with Crippen LogP contribution in [0.15, 0.2) is 42.5 Å². The van der Waals surface area contributed by atoms with Crippen LogP contribution in [0.4, 0.5) is 13.6 Å². The average molecular weight is 473 g/mol. The molecule has 2 heterocycles. The third kappa shape index (κ3) is 4.79. The molecule has 9 nitrogen and oxygen atoms in total. The topological polar surface area (TPSA) is 85.4 Å². The van der Waals surface area contributed by atoms with Gasteiger partial charge in [0.2, 0.25) is 11.8 Å². The number of benzene rings is 2.